The van der Waals surface area contributed by atoms with E-state index in [4.69, 9.17) is 0 Å². The molecule has 2 aromatic carbocycles. The fraction of sp³-hybridized carbons (Fsp3) is 0.211. The Morgan fingerprint density at radius 3 is 2.74 bits per heavy atom. The van der Waals surface area contributed by atoms with E-state index in [1.165, 1.54) is 35.2 Å². The number of carbonyl (C=O) groups is 1. The molecule has 1 atom stereocenters. The lowest BCUT2D eigenvalue weighted by atomic mass is 10.2. The molecule has 0 fully saturated rings. The Kier molecular flexibility index (Phi) is 6.41. The van der Waals surface area contributed by atoms with Crippen molar-refractivity contribution in [2.75, 3.05) is 12.4 Å². The minimum Gasteiger partial charge on any atom is -0.340 e. The SMILES string of the molecule is CC(Sc1nnc(Nc2ccccc2)s1)C(=O)N(C)Cc1cccc(F)c1. The molecule has 0 saturated heterocycles. The molecule has 140 valence electrons. The average molecular weight is 403 g/mol. The second-order valence-corrected chi connectivity index (χ2v) is 8.51. The Balaban J connectivity index is 1.56. The highest BCUT2D eigenvalue weighted by molar-refractivity contribution is 8.02. The summed E-state index contributed by atoms with van der Waals surface area (Å²) in [6.45, 7) is 2.19. The zero-order valence-corrected chi connectivity index (χ0v) is 16.6. The molecule has 1 heterocycles. The first kappa shape index (κ1) is 19.3. The van der Waals surface area contributed by atoms with E-state index in [2.05, 4.69) is 15.5 Å². The monoisotopic (exact) mass is 402 g/mol. The normalized spacial score (nSPS) is 11.8. The van der Waals surface area contributed by atoms with E-state index < -0.39 is 0 Å². The Labute approximate surface area is 165 Å². The first-order chi connectivity index (χ1) is 13.0. The van der Waals surface area contributed by atoms with E-state index in [0.29, 0.717) is 16.0 Å². The summed E-state index contributed by atoms with van der Waals surface area (Å²) in [5.41, 5.74) is 1.69. The zero-order chi connectivity index (χ0) is 19.2. The number of benzene rings is 2. The molecule has 1 amide bonds. The third-order valence-corrected chi connectivity index (χ3v) is 5.75. The maximum Gasteiger partial charge on any atom is 0.235 e. The fourth-order valence-corrected chi connectivity index (χ4v) is 4.48. The largest absolute Gasteiger partial charge is 0.340 e. The van der Waals surface area contributed by atoms with Gasteiger partial charge in [0.1, 0.15) is 5.82 Å². The molecule has 1 N–H and O–H groups in total. The number of halogens is 1. The van der Waals surface area contributed by atoms with Crippen LogP contribution in [0.3, 0.4) is 0 Å². The van der Waals surface area contributed by atoms with Crippen molar-refractivity contribution in [3.05, 3.63) is 66.0 Å². The van der Waals surface area contributed by atoms with Crippen LogP contribution in [0.15, 0.2) is 58.9 Å². The number of anilines is 2. The number of hydrogen-bond donors (Lipinski definition) is 1. The number of rotatable bonds is 7. The van der Waals surface area contributed by atoms with Gasteiger partial charge < -0.3 is 10.2 Å². The Bertz CT molecular complexity index is 903. The summed E-state index contributed by atoms with van der Waals surface area (Å²) < 4.78 is 14.0. The summed E-state index contributed by atoms with van der Waals surface area (Å²) in [4.78, 5) is 14.2. The van der Waals surface area contributed by atoms with Crippen molar-refractivity contribution in [3.63, 3.8) is 0 Å². The highest BCUT2D eigenvalue weighted by Gasteiger charge is 2.21. The van der Waals surface area contributed by atoms with Crippen LogP contribution in [0.1, 0.15) is 12.5 Å². The van der Waals surface area contributed by atoms with Gasteiger partial charge in [-0.15, -0.1) is 10.2 Å². The minimum atomic E-state index is -0.318. The van der Waals surface area contributed by atoms with Crippen LogP contribution in [0, 0.1) is 5.82 Å². The van der Waals surface area contributed by atoms with Crippen molar-refractivity contribution in [2.24, 2.45) is 0 Å². The Morgan fingerprint density at radius 2 is 2.00 bits per heavy atom. The summed E-state index contributed by atoms with van der Waals surface area (Å²) in [5, 5.41) is 11.8. The van der Waals surface area contributed by atoms with Gasteiger partial charge in [-0.25, -0.2) is 4.39 Å². The molecule has 3 aromatic rings. The number of aromatic nitrogens is 2. The van der Waals surface area contributed by atoms with Crippen LogP contribution in [-0.4, -0.2) is 33.3 Å². The minimum absolute atomic E-state index is 0.0444. The van der Waals surface area contributed by atoms with Gasteiger partial charge >= 0.3 is 0 Å². The Hall–Kier alpha value is -2.45. The number of carbonyl (C=O) groups excluding carboxylic acids is 1. The molecule has 0 spiro atoms. The van der Waals surface area contributed by atoms with Gasteiger partial charge in [0.25, 0.3) is 0 Å². The molecule has 3 rings (SSSR count). The molecule has 5 nitrogen and oxygen atoms in total. The maximum absolute atomic E-state index is 13.3. The van der Waals surface area contributed by atoms with E-state index in [0.717, 1.165) is 11.3 Å². The Morgan fingerprint density at radius 1 is 1.22 bits per heavy atom. The van der Waals surface area contributed by atoms with Crippen molar-refractivity contribution in [1.29, 1.82) is 0 Å². The number of nitrogens with zero attached hydrogens (tertiary/aromatic N) is 3. The molecule has 0 aliphatic heterocycles. The van der Waals surface area contributed by atoms with Crippen molar-refractivity contribution < 1.29 is 9.18 Å². The smallest absolute Gasteiger partial charge is 0.235 e. The molecular weight excluding hydrogens is 383 g/mol. The van der Waals surface area contributed by atoms with Crippen molar-refractivity contribution in [3.8, 4) is 0 Å². The summed E-state index contributed by atoms with van der Waals surface area (Å²) >= 11 is 2.77. The van der Waals surface area contributed by atoms with Crippen LogP contribution in [-0.2, 0) is 11.3 Å². The predicted octanol–water partition coefficient (Wildman–Crippen LogP) is 4.56. The number of nitrogens with one attached hydrogen (secondary N) is 1. The summed E-state index contributed by atoms with van der Waals surface area (Å²) in [6.07, 6.45) is 0. The summed E-state index contributed by atoms with van der Waals surface area (Å²) in [7, 11) is 1.72. The van der Waals surface area contributed by atoms with Gasteiger partial charge in [0.2, 0.25) is 11.0 Å². The molecule has 0 aliphatic carbocycles. The van der Waals surface area contributed by atoms with Gasteiger partial charge in [-0.05, 0) is 36.8 Å². The van der Waals surface area contributed by atoms with Gasteiger partial charge in [-0.1, -0.05) is 53.4 Å². The lowest BCUT2D eigenvalue weighted by Crippen LogP contribution is -2.32. The van der Waals surface area contributed by atoms with Crippen LogP contribution in [0.5, 0.6) is 0 Å². The molecule has 0 radical (unpaired) electrons. The molecule has 0 saturated carbocycles. The summed E-state index contributed by atoms with van der Waals surface area (Å²) in [6, 6.07) is 16.0. The second kappa shape index (κ2) is 8.96. The second-order valence-electron chi connectivity index (χ2n) is 5.95. The topological polar surface area (TPSA) is 58.1 Å². The lowest BCUT2D eigenvalue weighted by Gasteiger charge is -2.20. The third-order valence-electron chi connectivity index (χ3n) is 3.74. The first-order valence-electron chi connectivity index (χ1n) is 8.33. The third kappa shape index (κ3) is 5.51. The molecule has 27 heavy (non-hydrogen) atoms. The van der Waals surface area contributed by atoms with E-state index in [-0.39, 0.29) is 17.0 Å². The molecule has 0 bridgehead atoms. The zero-order valence-electron chi connectivity index (χ0n) is 14.9. The summed E-state index contributed by atoms with van der Waals surface area (Å²) in [5.74, 6) is -0.347. The molecule has 8 heteroatoms. The maximum atomic E-state index is 13.3. The fourth-order valence-electron chi connectivity index (χ4n) is 2.45. The number of para-hydroxylation sites is 1. The van der Waals surface area contributed by atoms with Crippen LogP contribution < -0.4 is 5.32 Å². The molecular formula is C19H19FN4OS2. The van der Waals surface area contributed by atoms with Gasteiger partial charge in [0.15, 0.2) is 4.34 Å². The quantitative estimate of drug-likeness (QED) is 0.587. The highest BCUT2D eigenvalue weighted by atomic mass is 32.2. The standard InChI is InChI=1S/C19H19FN4OS2/c1-13(17(25)24(2)12-14-7-6-8-15(20)11-14)26-19-23-22-18(27-19)21-16-9-4-3-5-10-16/h3-11,13H,12H2,1-2H3,(H,21,22). The van der Waals surface area contributed by atoms with Crippen molar-refractivity contribution in [2.45, 2.75) is 23.1 Å². The van der Waals surface area contributed by atoms with Crippen LogP contribution in [0.2, 0.25) is 0 Å². The number of hydrogen-bond acceptors (Lipinski definition) is 6. The average Bonchev–Trinajstić information content (AvgIpc) is 3.08. The lowest BCUT2D eigenvalue weighted by molar-refractivity contribution is -0.129. The molecule has 1 aromatic heterocycles. The van der Waals surface area contributed by atoms with Gasteiger partial charge in [0, 0.05) is 19.3 Å². The van der Waals surface area contributed by atoms with E-state index >= 15 is 0 Å². The van der Waals surface area contributed by atoms with Gasteiger partial charge in [-0.3, -0.25) is 4.79 Å². The predicted molar refractivity (Wildman–Crippen MR) is 108 cm³/mol. The molecule has 1 unspecified atom stereocenters. The van der Waals surface area contributed by atoms with Crippen molar-refractivity contribution in [1.82, 2.24) is 15.1 Å². The van der Waals surface area contributed by atoms with E-state index in [9.17, 15) is 9.18 Å². The molecule has 0 aliphatic rings. The van der Waals surface area contributed by atoms with Crippen LogP contribution in [0.25, 0.3) is 0 Å². The first-order valence-corrected chi connectivity index (χ1v) is 10.0. The van der Waals surface area contributed by atoms with Crippen LogP contribution in [0.4, 0.5) is 15.2 Å². The number of amides is 1. The van der Waals surface area contributed by atoms with Gasteiger partial charge in [0.05, 0.1) is 5.25 Å². The van der Waals surface area contributed by atoms with E-state index in [1.807, 2.05) is 37.3 Å². The number of thioether (sulfide) groups is 1. The van der Waals surface area contributed by atoms with Crippen molar-refractivity contribution >= 4 is 39.8 Å². The van der Waals surface area contributed by atoms with Crippen LogP contribution >= 0.6 is 23.1 Å². The van der Waals surface area contributed by atoms with Gasteiger partial charge in [-0.2, -0.15) is 0 Å². The van der Waals surface area contributed by atoms with E-state index in [1.54, 1.807) is 24.1 Å². The highest BCUT2D eigenvalue weighted by Crippen LogP contribution is 2.31.